The molecule has 0 atom stereocenters. The van der Waals surface area contributed by atoms with E-state index in [1.165, 1.54) is 27.6 Å². The first-order valence-corrected chi connectivity index (χ1v) is 18.4. The van der Waals surface area contributed by atoms with Crippen molar-refractivity contribution in [3.05, 3.63) is 175 Å². The van der Waals surface area contributed by atoms with E-state index in [2.05, 4.69) is 147 Å². The molecule has 0 spiro atoms. The second-order valence-corrected chi connectivity index (χ2v) is 14.8. The molecule has 8 aromatic carbocycles. The van der Waals surface area contributed by atoms with Crippen molar-refractivity contribution in [1.82, 2.24) is 15.0 Å². The number of fused-ring (bicyclic) bond motifs is 8. The number of benzene rings is 8. The highest BCUT2D eigenvalue weighted by Gasteiger charge is 2.35. The molecule has 4 nitrogen and oxygen atoms in total. The first-order chi connectivity index (χ1) is 26.5. The summed E-state index contributed by atoms with van der Waals surface area (Å²) in [6.45, 7) is 4.61. The first-order valence-electron chi connectivity index (χ1n) is 18.4. The normalized spacial score (nSPS) is 13.1. The zero-order valence-electron chi connectivity index (χ0n) is 29.8. The van der Waals surface area contributed by atoms with Gasteiger partial charge in [0.1, 0.15) is 11.2 Å². The fraction of sp³-hybridized carbons (Fsp3) is 0.0600. The van der Waals surface area contributed by atoms with E-state index >= 15 is 0 Å². The van der Waals surface area contributed by atoms with Crippen molar-refractivity contribution < 1.29 is 4.42 Å². The maximum atomic E-state index is 6.45. The molecule has 2 aromatic heterocycles. The minimum Gasteiger partial charge on any atom is -0.456 e. The third-order valence-electron chi connectivity index (χ3n) is 11.3. The Balaban J connectivity index is 1.14. The van der Waals surface area contributed by atoms with E-state index < -0.39 is 0 Å². The van der Waals surface area contributed by atoms with Crippen LogP contribution in [0.5, 0.6) is 0 Å². The molecular formula is C50H33N3O. The van der Waals surface area contributed by atoms with Crippen LogP contribution < -0.4 is 0 Å². The Hall–Kier alpha value is -6.91. The number of rotatable bonds is 4. The van der Waals surface area contributed by atoms with Gasteiger partial charge in [-0.25, -0.2) is 15.0 Å². The molecule has 0 bridgehead atoms. The van der Waals surface area contributed by atoms with Gasteiger partial charge in [0.05, 0.1) is 0 Å². The second kappa shape index (κ2) is 11.5. The lowest BCUT2D eigenvalue weighted by molar-refractivity contribution is 0.660. The molecular weight excluding hydrogens is 659 g/mol. The molecule has 0 amide bonds. The van der Waals surface area contributed by atoms with E-state index in [4.69, 9.17) is 19.4 Å². The van der Waals surface area contributed by atoms with Crippen LogP contribution in [0.2, 0.25) is 0 Å². The highest BCUT2D eigenvalue weighted by Crippen LogP contribution is 2.49. The Kier molecular flexibility index (Phi) is 6.56. The summed E-state index contributed by atoms with van der Waals surface area (Å²) in [6.07, 6.45) is 0. The van der Waals surface area contributed by atoms with Gasteiger partial charge in [0.2, 0.25) is 0 Å². The van der Waals surface area contributed by atoms with E-state index in [1.807, 2.05) is 30.3 Å². The highest BCUT2D eigenvalue weighted by atomic mass is 16.3. The van der Waals surface area contributed by atoms with E-state index in [1.54, 1.807) is 0 Å². The van der Waals surface area contributed by atoms with Crippen molar-refractivity contribution in [3.8, 4) is 56.4 Å². The van der Waals surface area contributed by atoms with Crippen molar-refractivity contribution in [3.63, 3.8) is 0 Å². The first kappa shape index (κ1) is 30.7. The van der Waals surface area contributed by atoms with Crippen LogP contribution in [-0.4, -0.2) is 15.0 Å². The predicted octanol–water partition coefficient (Wildman–Crippen LogP) is 13.1. The number of hydrogen-bond acceptors (Lipinski definition) is 4. The Morgan fingerprint density at radius 1 is 0.407 bits per heavy atom. The number of furan rings is 1. The van der Waals surface area contributed by atoms with Gasteiger partial charge in [-0.1, -0.05) is 153 Å². The summed E-state index contributed by atoms with van der Waals surface area (Å²) in [7, 11) is 0. The van der Waals surface area contributed by atoms with Crippen molar-refractivity contribution in [2.45, 2.75) is 19.3 Å². The molecule has 11 rings (SSSR count). The van der Waals surface area contributed by atoms with E-state index in [-0.39, 0.29) is 5.41 Å². The lowest BCUT2D eigenvalue weighted by Gasteiger charge is -2.21. The van der Waals surface area contributed by atoms with Crippen molar-refractivity contribution in [2.24, 2.45) is 0 Å². The van der Waals surface area contributed by atoms with E-state index in [0.29, 0.717) is 17.5 Å². The molecule has 0 aliphatic heterocycles. The summed E-state index contributed by atoms with van der Waals surface area (Å²) < 4.78 is 6.45. The Labute approximate surface area is 312 Å². The van der Waals surface area contributed by atoms with Gasteiger partial charge in [-0.15, -0.1) is 0 Å². The molecule has 2 heterocycles. The molecule has 54 heavy (non-hydrogen) atoms. The second-order valence-electron chi connectivity index (χ2n) is 14.8. The lowest BCUT2D eigenvalue weighted by atomic mass is 9.82. The van der Waals surface area contributed by atoms with Gasteiger partial charge >= 0.3 is 0 Å². The molecule has 4 heteroatoms. The maximum Gasteiger partial charge on any atom is 0.164 e. The van der Waals surface area contributed by atoms with Crippen molar-refractivity contribution in [1.29, 1.82) is 0 Å². The summed E-state index contributed by atoms with van der Waals surface area (Å²) in [5, 5.41) is 6.75. The molecule has 10 aromatic rings. The molecule has 0 fully saturated rings. The molecule has 0 saturated carbocycles. The Morgan fingerprint density at radius 2 is 1.07 bits per heavy atom. The van der Waals surface area contributed by atoms with Crippen LogP contribution in [0.25, 0.3) is 99.9 Å². The molecule has 0 unspecified atom stereocenters. The van der Waals surface area contributed by atoms with E-state index in [9.17, 15) is 0 Å². The summed E-state index contributed by atoms with van der Waals surface area (Å²) in [5.41, 5.74) is 12.0. The van der Waals surface area contributed by atoms with Crippen LogP contribution in [0.3, 0.4) is 0 Å². The number of para-hydroxylation sites is 1. The largest absolute Gasteiger partial charge is 0.456 e. The molecule has 1 aliphatic carbocycles. The SMILES string of the molecule is CC1(C)c2ccccc2-c2ccc(-c3nc(-c4ccccc4)nc(-c4cccc5ccc(-c6c7ccccc7cc7oc8ccccc8c67)cc45)n3)cc21. The van der Waals surface area contributed by atoms with Crippen LogP contribution in [0.1, 0.15) is 25.0 Å². The smallest absolute Gasteiger partial charge is 0.164 e. The minimum absolute atomic E-state index is 0.139. The molecule has 0 radical (unpaired) electrons. The highest BCUT2D eigenvalue weighted by molar-refractivity contribution is 6.21. The lowest BCUT2D eigenvalue weighted by Crippen LogP contribution is -2.15. The van der Waals surface area contributed by atoms with Crippen LogP contribution in [0.15, 0.2) is 168 Å². The summed E-state index contributed by atoms with van der Waals surface area (Å²) >= 11 is 0. The summed E-state index contributed by atoms with van der Waals surface area (Å²) in [5.74, 6) is 1.94. The van der Waals surface area contributed by atoms with Crippen LogP contribution in [0, 0.1) is 0 Å². The van der Waals surface area contributed by atoms with Gasteiger partial charge in [-0.05, 0) is 73.6 Å². The third kappa shape index (κ3) is 4.60. The van der Waals surface area contributed by atoms with Crippen LogP contribution in [0.4, 0.5) is 0 Å². The number of aromatic nitrogens is 3. The minimum atomic E-state index is -0.139. The summed E-state index contributed by atoms with van der Waals surface area (Å²) in [6, 6.07) is 57.8. The van der Waals surface area contributed by atoms with Crippen molar-refractivity contribution in [2.75, 3.05) is 0 Å². The van der Waals surface area contributed by atoms with Crippen LogP contribution >= 0.6 is 0 Å². The third-order valence-corrected chi connectivity index (χ3v) is 11.3. The molecule has 0 saturated heterocycles. The zero-order valence-corrected chi connectivity index (χ0v) is 29.8. The van der Waals surface area contributed by atoms with Crippen LogP contribution in [-0.2, 0) is 5.41 Å². The molecule has 1 aliphatic rings. The van der Waals surface area contributed by atoms with Gasteiger partial charge in [0.15, 0.2) is 17.5 Å². The zero-order chi connectivity index (χ0) is 36.0. The maximum absolute atomic E-state index is 6.45. The van der Waals surface area contributed by atoms with E-state index in [0.717, 1.165) is 65.9 Å². The monoisotopic (exact) mass is 691 g/mol. The van der Waals surface area contributed by atoms with Gasteiger partial charge in [-0.2, -0.15) is 0 Å². The standard InChI is InChI=1S/C50H33N3O/c1-50(2)41-21-10-8-18-36(41)37-26-25-34(28-42(37)50)48-51-47(31-13-4-3-5-14-31)52-49(53-48)38-20-12-16-30-23-24-33(27-40(30)38)45-35-17-7-6-15-32(35)29-44-46(45)39-19-9-11-22-43(39)54-44/h3-29H,1-2H3. The van der Waals surface area contributed by atoms with Gasteiger partial charge in [-0.3, -0.25) is 0 Å². The number of hydrogen-bond donors (Lipinski definition) is 0. The Bertz CT molecular complexity index is 3140. The average Bonchev–Trinajstić information content (AvgIpc) is 3.70. The quantitative estimate of drug-likeness (QED) is 0.184. The summed E-state index contributed by atoms with van der Waals surface area (Å²) in [4.78, 5) is 15.6. The topological polar surface area (TPSA) is 51.8 Å². The van der Waals surface area contributed by atoms with Crippen molar-refractivity contribution >= 4 is 43.5 Å². The molecule has 254 valence electrons. The van der Waals surface area contributed by atoms with Gasteiger partial charge in [0, 0.05) is 38.4 Å². The van der Waals surface area contributed by atoms with Gasteiger partial charge in [0.25, 0.3) is 0 Å². The fourth-order valence-corrected chi connectivity index (χ4v) is 8.66. The predicted molar refractivity (Wildman–Crippen MR) is 221 cm³/mol. The fourth-order valence-electron chi connectivity index (χ4n) is 8.66. The van der Waals surface area contributed by atoms with Gasteiger partial charge < -0.3 is 4.42 Å². The number of nitrogens with zero attached hydrogens (tertiary/aromatic N) is 3. The molecule has 0 N–H and O–H groups in total. The Morgan fingerprint density at radius 3 is 1.96 bits per heavy atom. The average molecular weight is 692 g/mol.